The van der Waals surface area contributed by atoms with Gasteiger partial charge in [0, 0.05) is 21.2 Å². The molecule has 2 aromatic carbocycles. The van der Waals surface area contributed by atoms with Gasteiger partial charge in [-0.05, 0) is 36.8 Å². The molecule has 4 rings (SSSR count). The first-order valence-corrected chi connectivity index (χ1v) is 10.4. The van der Waals surface area contributed by atoms with Crippen molar-refractivity contribution in [2.75, 3.05) is 11.4 Å². The molecule has 0 radical (unpaired) electrons. The second kappa shape index (κ2) is 7.48. The molecule has 1 atom stereocenters. The number of rotatable bonds is 2. The lowest BCUT2D eigenvalue weighted by Gasteiger charge is -2.23. The molecule has 0 saturated carbocycles. The summed E-state index contributed by atoms with van der Waals surface area (Å²) >= 11 is 5.17. The number of aromatic nitrogens is 2. The molecule has 3 aromatic rings. The van der Waals surface area contributed by atoms with E-state index >= 15 is 0 Å². The Hall–Kier alpha value is -2.12. The molecular formula is C20H18BrN3O2S. The molecule has 138 valence electrons. The molecule has 1 aliphatic rings. The third-order valence-corrected chi connectivity index (χ3v) is 6.37. The second-order valence-corrected chi connectivity index (χ2v) is 8.97. The molecule has 0 spiro atoms. The number of halogens is 1. The smallest absolute Gasteiger partial charge is 0.261 e. The van der Waals surface area contributed by atoms with Crippen LogP contribution in [-0.4, -0.2) is 27.3 Å². The van der Waals surface area contributed by atoms with Crippen molar-refractivity contribution < 1.29 is 4.79 Å². The molecule has 0 aliphatic carbocycles. The fourth-order valence-electron chi connectivity index (χ4n) is 3.22. The van der Waals surface area contributed by atoms with E-state index in [2.05, 4.69) is 27.8 Å². The molecule has 27 heavy (non-hydrogen) atoms. The van der Waals surface area contributed by atoms with Gasteiger partial charge in [0.15, 0.2) is 0 Å². The molecule has 1 aliphatic heterocycles. The molecule has 7 heteroatoms. The van der Waals surface area contributed by atoms with Crippen molar-refractivity contribution in [3.05, 3.63) is 63.6 Å². The quantitative estimate of drug-likeness (QED) is 0.598. The zero-order valence-corrected chi connectivity index (χ0v) is 17.2. The van der Waals surface area contributed by atoms with Crippen LogP contribution in [0.3, 0.4) is 0 Å². The average molecular weight is 444 g/mol. The number of carbonyl (C=O) groups is 1. The van der Waals surface area contributed by atoms with Gasteiger partial charge in [-0.2, -0.15) is 0 Å². The standard InChI is InChI=1S/C20H18BrN3O2S/c1-13-8-9-24(17-4-2-3-5-18(17)27-13)19(25)11-23-12-22-16-7-6-14(21)10-15(16)20(23)26/h2-7,10,12-13H,8-9,11H2,1H3/t13-/m0/s1. The van der Waals surface area contributed by atoms with E-state index in [1.165, 1.54) is 10.9 Å². The fourth-order valence-corrected chi connectivity index (χ4v) is 4.69. The topological polar surface area (TPSA) is 55.2 Å². The Morgan fingerprint density at radius 3 is 2.96 bits per heavy atom. The van der Waals surface area contributed by atoms with Crippen molar-refractivity contribution >= 4 is 50.2 Å². The van der Waals surface area contributed by atoms with E-state index in [4.69, 9.17) is 0 Å². The van der Waals surface area contributed by atoms with Crippen molar-refractivity contribution in [3.8, 4) is 0 Å². The summed E-state index contributed by atoms with van der Waals surface area (Å²) in [7, 11) is 0. The number of amides is 1. The summed E-state index contributed by atoms with van der Waals surface area (Å²) in [5, 5.41) is 0.937. The Labute approximate surface area is 169 Å². The van der Waals surface area contributed by atoms with Crippen LogP contribution in [0.2, 0.25) is 0 Å². The zero-order chi connectivity index (χ0) is 19.0. The van der Waals surface area contributed by atoms with Gasteiger partial charge >= 0.3 is 0 Å². The number of hydrogen-bond acceptors (Lipinski definition) is 4. The van der Waals surface area contributed by atoms with Gasteiger partial charge in [-0.1, -0.05) is 35.0 Å². The molecule has 0 unspecified atom stereocenters. The van der Waals surface area contributed by atoms with E-state index in [-0.39, 0.29) is 18.0 Å². The summed E-state index contributed by atoms with van der Waals surface area (Å²) in [6, 6.07) is 13.3. The first kappa shape index (κ1) is 18.3. The van der Waals surface area contributed by atoms with Crippen molar-refractivity contribution in [2.45, 2.75) is 30.0 Å². The number of hydrogen-bond donors (Lipinski definition) is 0. The van der Waals surface area contributed by atoms with Gasteiger partial charge < -0.3 is 4.90 Å². The van der Waals surface area contributed by atoms with Gasteiger partial charge in [0.1, 0.15) is 6.54 Å². The molecule has 5 nitrogen and oxygen atoms in total. The van der Waals surface area contributed by atoms with Crippen LogP contribution in [0.25, 0.3) is 10.9 Å². The molecule has 2 heterocycles. The highest BCUT2D eigenvalue weighted by Crippen LogP contribution is 2.37. The number of anilines is 1. The lowest BCUT2D eigenvalue weighted by molar-refractivity contribution is -0.119. The van der Waals surface area contributed by atoms with E-state index < -0.39 is 0 Å². The zero-order valence-electron chi connectivity index (χ0n) is 14.8. The molecule has 1 aromatic heterocycles. The first-order chi connectivity index (χ1) is 13.0. The van der Waals surface area contributed by atoms with E-state index in [0.29, 0.717) is 22.7 Å². The van der Waals surface area contributed by atoms with Crippen LogP contribution in [0.15, 0.2) is 63.0 Å². The minimum atomic E-state index is -0.208. The maximum Gasteiger partial charge on any atom is 0.261 e. The third-order valence-electron chi connectivity index (χ3n) is 4.64. The Kier molecular flexibility index (Phi) is 5.06. The number of thioether (sulfide) groups is 1. The van der Waals surface area contributed by atoms with Crippen molar-refractivity contribution in [1.82, 2.24) is 9.55 Å². The molecular weight excluding hydrogens is 426 g/mol. The molecule has 0 N–H and O–H groups in total. The maximum absolute atomic E-state index is 13.1. The molecule has 0 saturated heterocycles. The van der Waals surface area contributed by atoms with E-state index in [1.54, 1.807) is 28.8 Å². The number of benzene rings is 2. The highest BCUT2D eigenvalue weighted by Gasteiger charge is 2.24. The number of fused-ring (bicyclic) bond motifs is 2. The van der Waals surface area contributed by atoms with Crippen LogP contribution in [0, 0.1) is 0 Å². The predicted molar refractivity (Wildman–Crippen MR) is 112 cm³/mol. The monoisotopic (exact) mass is 443 g/mol. The predicted octanol–water partition coefficient (Wildman–Crippen LogP) is 4.08. The van der Waals surface area contributed by atoms with Crippen LogP contribution < -0.4 is 10.5 Å². The van der Waals surface area contributed by atoms with Gasteiger partial charge in [0.05, 0.1) is 22.9 Å². The van der Waals surface area contributed by atoms with Gasteiger partial charge in [-0.15, -0.1) is 11.8 Å². The molecule has 1 amide bonds. The van der Waals surface area contributed by atoms with Gasteiger partial charge in [0.25, 0.3) is 5.56 Å². The second-order valence-electron chi connectivity index (χ2n) is 6.57. The fraction of sp³-hybridized carbons (Fsp3) is 0.250. The lowest BCUT2D eigenvalue weighted by Crippen LogP contribution is -2.37. The molecule has 0 bridgehead atoms. The summed E-state index contributed by atoms with van der Waals surface area (Å²) in [6.45, 7) is 2.79. The summed E-state index contributed by atoms with van der Waals surface area (Å²) in [5.41, 5.74) is 1.33. The SMILES string of the molecule is C[C@H]1CCN(C(=O)Cn2cnc3ccc(Br)cc3c2=O)c2ccccc2S1. The highest BCUT2D eigenvalue weighted by molar-refractivity contribution is 9.10. The Bertz CT molecular complexity index is 1080. The third kappa shape index (κ3) is 3.66. The largest absolute Gasteiger partial charge is 0.310 e. The summed E-state index contributed by atoms with van der Waals surface area (Å²) in [6.07, 6.45) is 2.36. The average Bonchev–Trinajstić information content (AvgIpc) is 2.82. The van der Waals surface area contributed by atoms with Gasteiger partial charge in [-0.3, -0.25) is 14.2 Å². The summed E-state index contributed by atoms with van der Waals surface area (Å²) < 4.78 is 2.20. The van der Waals surface area contributed by atoms with Gasteiger partial charge in [-0.25, -0.2) is 4.98 Å². The van der Waals surface area contributed by atoms with E-state index in [1.807, 2.05) is 30.3 Å². The number of para-hydroxylation sites is 1. The summed E-state index contributed by atoms with van der Waals surface area (Å²) in [5.74, 6) is -0.101. The van der Waals surface area contributed by atoms with E-state index in [0.717, 1.165) is 21.5 Å². The first-order valence-electron chi connectivity index (χ1n) is 8.73. The van der Waals surface area contributed by atoms with Crippen LogP contribution in [0.5, 0.6) is 0 Å². The van der Waals surface area contributed by atoms with Crippen molar-refractivity contribution in [2.24, 2.45) is 0 Å². The number of nitrogens with zero attached hydrogens (tertiary/aromatic N) is 3. The minimum absolute atomic E-state index is 0.0261. The van der Waals surface area contributed by atoms with E-state index in [9.17, 15) is 9.59 Å². The Morgan fingerprint density at radius 1 is 1.30 bits per heavy atom. The summed E-state index contributed by atoms with van der Waals surface area (Å²) in [4.78, 5) is 33.1. The van der Waals surface area contributed by atoms with Crippen LogP contribution in [0.4, 0.5) is 5.69 Å². The van der Waals surface area contributed by atoms with Crippen LogP contribution in [-0.2, 0) is 11.3 Å². The Balaban J connectivity index is 1.67. The Morgan fingerprint density at radius 2 is 2.11 bits per heavy atom. The lowest BCUT2D eigenvalue weighted by atomic mass is 10.2. The van der Waals surface area contributed by atoms with Crippen molar-refractivity contribution in [1.29, 1.82) is 0 Å². The van der Waals surface area contributed by atoms with Gasteiger partial charge in [0.2, 0.25) is 5.91 Å². The van der Waals surface area contributed by atoms with Crippen LogP contribution in [0.1, 0.15) is 13.3 Å². The van der Waals surface area contributed by atoms with Crippen molar-refractivity contribution in [3.63, 3.8) is 0 Å². The minimum Gasteiger partial charge on any atom is -0.310 e. The molecule has 0 fully saturated rings. The normalized spacial score (nSPS) is 16.8. The van der Waals surface area contributed by atoms with Crippen LogP contribution >= 0.6 is 27.7 Å². The maximum atomic E-state index is 13.1. The highest BCUT2D eigenvalue weighted by atomic mass is 79.9. The number of carbonyl (C=O) groups excluding carboxylic acids is 1.